The molecule has 0 rings (SSSR count). The molecule has 0 aliphatic carbocycles. The molecule has 0 aromatic heterocycles. The molecule has 0 aromatic rings. The molecule has 19 heavy (non-hydrogen) atoms. The lowest BCUT2D eigenvalue weighted by Crippen LogP contribution is -2.14. The van der Waals surface area contributed by atoms with Crippen molar-refractivity contribution >= 4 is 11.9 Å². The van der Waals surface area contributed by atoms with Crippen molar-refractivity contribution in [2.45, 2.75) is 25.7 Å². The Labute approximate surface area is 113 Å². The minimum atomic E-state index is -0.345. The highest BCUT2D eigenvalue weighted by Gasteiger charge is 2.02. The lowest BCUT2D eigenvalue weighted by molar-refractivity contribution is -0.146. The summed E-state index contributed by atoms with van der Waals surface area (Å²) >= 11 is 0. The number of hydrogen-bond donors (Lipinski definition) is 0. The van der Waals surface area contributed by atoms with E-state index < -0.39 is 0 Å². The standard InChI is InChI=1S/C14H18O5/c1-3-5-7-13(15)18-11-9-17-10-12-19-14(16)8-6-4-2/h1-2H,5-12H2. The topological polar surface area (TPSA) is 61.8 Å². The molecule has 0 saturated carbocycles. The molecule has 0 radical (unpaired) electrons. The Morgan fingerprint density at radius 2 is 1.21 bits per heavy atom. The summed E-state index contributed by atoms with van der Waals surface area (Å²) in [5, 5.41) is 0. The molecular weight excluding hydrogens is 248 g/mol. The van der Waals surface area contributed by atoms with E-state index in [0.29, 0.717) is 12.8 Å². The van der Waals surface area contributed by atoms with Gasteiger partial charge in [0.05, 0.1) is 26.1 Å². The first-order chi connectivity index (χ1) is 9.20. The van der Waals surface area contributed by atoms with Crippen LogP contribution in [0.25, 0.3) is 0 Å². The maximum Gasteiger partial charge on any atom is 0.306 e. The number of rotatable bonds is 10. The average Bonchev–Trinajstić information content (AvgIpc) is 2.41. The summed E-state index contributed by atoms with van der Waals surface area (Å²) in [6.07, 6.45) is 11.2. The van der Waals surface area contributed by atoms with Gasteiger partial charge in [0.2, 0.25) is 0 Å². The fraction of sp³-hybridized carbons (Fsp3) is 0.571. The van der Waals surface area contributed by atoms with Crippen molar-refractivity contribution in [3.63, 3.8) is 0 Å². The predicted molar refractivity (Wildman–Crippen MR) is 68.9 cm³/mol. The molecule has 0 fully saturated rings. The van der Waals surface area contributed by atoms with Crippen molar-refractivity contribution in [1.29, 1.82) is 0 Å². The number of terminal acetylenes is 2. The molecule has 0 unspecified atom stereocenters. The summed E-state index contributed by atoms with van der Waals surface area (Å²) in [6.45, 7) is 0.830. The third-order valence-corrected chi connectivity index (χ3v) is 1.93. The number of ether oxygens (including phenoxy) is 3. The molecule has 5 heteroatoms. The smallest absolute Gasteiger partial charge is 0.306 e. The average molecular weight is 266 g/mol. The summed E-state index contributed by atoms with van der Waals surface area (Å²) in [5.74, 6) is 4.01. The minimum absolute atomic E-state index is 0.161. The summed E-state index contributed by atoms with van der Waals surface area (Å²) in [7, 11) is 0. The molecular formula is C14H18O5. The maximum atomic E-state index is 11.0. The molecule has 0 bridgehead atoms. The van der Waals surface area contributed by atoms with Gasteiger partial charge in [-0.25, -0.2) is 0 Å². The molecule has 0 heterocycles. The fourth-order valence-corrected chi connectivity index (χ4v) is 1.02. The zero-order valence-electron chi connectivity index (χ0n) is 10.9. The number of esters is 2. The normalized spacial score (nSPS) is 9.16. The highest BCUT2D eigenvalue weighted by Crippen LogP contribution is 1.92. The van der Waals surface area contributed by atoms with Gasteiger partial charge in [0.1, 0.15) is 13.2 Å². The van der Waals surface area contributed by atoms with Crippen molar-refractivity contribution in [1.82, 2.24) is 0 Å². The molecule has 0 atom stereocenters. The van der Waals surface area contributed by atoms with Crippen LogP contribution in [0.2, 0.25) is 0 Å². The second kappa shape index (κ2) is 12.5. The molecule has 0 spiro atoms. The quantitative estimate of drug-likeness (QED) is 0.334. The van der Waals surface area contributed by atoms with Gasteiger partial charge < -0.3 is 14.2 Å². The van der Waals surface area contributed by atoms with Crippen LogP contribution in [0.1, 0.15) is 25.7 Å². The SMILES string of the molecule is C#CCCC(=O)OCCOCCOC(=O)CCC#C. The van der Waals surface area contributed by atoms with Gasteiger partial charge in [0.25, 0.3) is 0 Å². The van der Waals surface area contributed by atoms with Crippen LogP contribution in [0.3, 0.4) is 0 Å². The van der Waals surface area contributed by atoms with Crippen molar-refractivity contribution in [3.05, 3.63) is 0 Å². The first kappa shape index (κ1) is 17.0. The first-order valence-electron chi connectivity index (χ1n) is 5.96. The lowest BCUT2D eigenvalue weighted by Gasteiger charge is -2.06. The third kappa shape index (κ3) is 12.3. The van der Waals surface area contributed by atoms with E-state index in [4.69, 9.17) is 27.1 Å². The van der Waals surface area contributed by atoms with Gasteiger partial charge in [-0.2, -0.15) is 0 Å². The lowest BCUT2D eigenvalue weighted by atomic mass is 10.3. The monoisotopic (exact) mass is 266 g/mol. The Hall–Kier alpha value is -1.98. The maximum absolute atomic E-state index is 11.0. The third-order valence-electron chi connectivity index (χ3n) is 1.93. The highest BCUT2D eigenvalue weighted by molar-refractivity contribution is 5.69. The van der Waals surface area contributed by atoms with Crippen molar-refractivity contribution in [2.24, 2.45) is 0 Å². The van der Waals surface area contributed by atoms with E-state index in [1.54, 1.807) is 0 Å². The van der Waals surface area contributed by atoms with Gasteiger partial charge in [-0.15, -0.1) is 24.7 Å². The van der Waals surface area contributed by atoms with Gasteiger partial charge in [-0.1, -0.05) is 0 Å². The molecule has 0 N–H and O–H groups in total. The second-order valence-electron chi connectivity index (χ2n) is 3.46. The van der Waals surface area contributed by atoms with Gasteiger partial charge in [-0.05, 0) is 0 Å². The molecule has 0 aromatic carbocycles. The fourth-order valence-electron chi connectivity index (χ4n) is 1.02. The van der Waals surface area contributed by atoms with E-state index >= 15 is 0 Å². The van der Waals surface area contributed by atoms with Crippen LogP contribution in [0.15, 0.2) is 0 Å². The van der Waals surface area contributed by atoms with Crippen molar-refractivity contribution in [2.75, 3.05) is 26.4 Å². The first-order valence-corrected chi connectivity index (χ1v) is 5.96. The van der Waals surface area contributed by atoms with E-state index in [9.17, 15) is 9.59 Å². The molecule has 5 nitrogen and oxygen atoms in total. The summed E-state index contributed by atoms with van der Waals surface area (Å²) in [5.41, 5.74) is 0. The highest BCUT2D eigenvalue weighted by atomic mass is 16.6. The van der Waals surface area contributed by atoms with Crippen LogP contribution in [-0.4, -0.2) is 38.4 Å². The summed E-state index contributed by atoms with van der Waals surface area (Å²) < 4.78 is 14.8. The Morgan fingerprint density at radius 1 is 0.789 bits per heavy atom. The van der Waals surface area contributed by atoms with Crippen LogP contribution in [-0.2, 0) is 23.8 Å². The molecule has 0 amide bonds. The zero-order valence-corrected chi connectivity index (χ0v) is 10.9. The molecule has 104 valence electrons. The van der Waals surface area contributed by atoms with Gasteiger partial charge in [-0.3, -0.25) is 9.59 Å². The number of hydrogen-bond acceptors (Lipinski definition) is 5. The molecule has 0 aliphatic heterocycles. The van der Waals surface area contributed by atoms with Crippen LogP contribution < -0.4 is 0 Å². The summed E-state index contributed by atoms with van der Waals surface area (Å²) in [6, 6.07) is 0. The largest absolute Gasteiger partial charge is 0.463 e. The Balaban J connectivity index is 3.28. The zero-order chi connectivity index (χ0) is 14.3. The second-order valence-corrected chi connectivity index (χ2v) is 3.46. The van der Waals surface area contributed by atoms with E-state index in [1.165, 1.54) is 0 Å². The summed E-state index contributed by atoms with van der Waals surface area (Å²) in [4.78, 5) is 22.0. The van der Waals surface area contributed by atoms with Crippen LogP contribution in [0.4, 0.5) is 0 Å². The molecule has 0 aliphatic rings. The van der Waals surface area contributed by atoms with E-state index in [-0.39, 0.29) is 51.2 Å². The Morgan fingerprint density at radius 3 is 1.58 bits per heavy atom. The van der Waals surface area contributed by atoms with Gasteiger partial charge in [0.15, 0.2) is 0 Å². The van der Waals surface area contributed by atoms with Gasteiger partial charge in [0, 0.05) is 12.8 Å². The van der Waals surface area contributed by atoms with Crippen LogP contribution in [0.5, 0.6) is 0 Å². The predicted octanol–water partition coefficient (Wildman–Crippen LogP) is 0.916. The molecule has 0 saturated heterocycles. The van der Waals surface area contributed by atoms with E-state index in [2.05, 4.69) is 11.8 Å². The van der Waals surface area contributed by atoms with Crippen LogP contribution in [0, 0.1) is 24.7 Å². The van der Waals surface area contributed by atoms with Crippen LogP contribution >= 0.6 is 0 Å². The Bertz CT molecular complexity index is 314. The van der Waals surface area contributed by atoms with Crippen molar-refractivity contribution < 1.29 is 23.8 Å². The van der Waals surface area contributed by atoms with E-state index in [0.717, 1.165) is 0 Å². The van der Waals surface area contributed by atoms with E-state index in [1.807, 2.05) is 0 Å². The number of carbonyl (C=O) groups excluding carboxylic acids is 2. The van der Waals surface area contributed by atoms with Crippen molar-refractivity contribution in [3.8, 4) is 24.7 Å². The number of carbonyl (C=O) groups is 2. The Kier molecular flexibility index (Phi) is 11.2. The minimum Gasteiger partial charge on any atom is -0.463 e. The van der Waals surface area contributed by atoms with Gasteiger partial charge >= 0.3 is 11.9 Å².